The number of benzene rings is 1. The summed E-state index contributed by atoms with van der Waals surface area (Å²) in [7, 11) is 0. The number of halogens is 1. The smallest absolute Gasteiger partial charge is 0.303 e. The van der Waals surface area contributed by atoms with Crippen LogP contribution in [0, 0.1) is 18.3 Å². The van der Waals surface area contributed by atoms with E-state index in [0.717, 1.165) is 5.56 Å². The number of carboxylic acid groups (broad SMARTS) is 2. The van der Waals surface area contributed by atoms with E-state index in [-0.39, 0.29) is 100 Å². The number of rotatable bonds is 29. The molecule has 0 aliphatic carbocycles. The van der Waals surface area contributed by atoms with Crippen molar-refractivity contribution in [3.63, 3.8) is 0 Å². The first-order valence-electron chi connectivity index (χ1n) is 24.5. The summed E-state index contributed by atoms with van der Waals surface area (Å²) >= 11 is 0. The highest BCUT2D eigenvalue weighted by Gasteiger charge is 2.34. The number of amides is 2. The summed E-state index contributed by atoms with van der Waals surface area (Å²) in [6.07, 6.45) is 8.94. The van der Waals surface area contributed by atoms with Crippen molar-refractivity contribution >= 4 is 54.0 Å². The van der Waals surface area contributed by atoms with E-state index in [9.17, 15) is 34.5 Å². The fourth-order valence-corrected chi connectivity index (χ4v) is 8.30. The van der Waals surface area contributed by atoms with Gasteiger partial charge in [-0.05, 0) is 49.3 Å². The van der Waals surface area contributed by atoms with Crippen LogP contribution in [0.4, 0.5) is 17.8 Å². The van der Waals surface area contributed by atoms with E-state index in [1.165, 1.54) is 9.36 Å². The number of terminal acetylenes is 1. The summed E-state index contributed by atoms with van der Waals surface area (Å²) in [6, 6.07) is 3.83. The summed E-state index contributed by atoms with van der Waals surface area (Å²) in [5.74, 6) is 1.15. The molecule has 1 aromatic carbocycles. The zero-order chi connectivity index (χ0) is 52.3. The minimum atomic E-state index is -1.06. The summed E-state index contributed by atoms with van der Waals surface area (Å²) in [5.41, 5.74) is 14.6. The third kappa shape index (κ3) is 17.4. The lowest BCUT2D eigenvalue weighted by atomic mass is 10.0. The zero-order valence-electron chi connectivity index (χ0n) is 41.9. The number of nitrogens with zero attached hydrogens (tertiary/aromatic N) is 13. The van der Waals surface area contributed by atoms with Crippen LogP contribution in [0.1, 0.15) is 87.1 Å². The average molecular weight is 1050 g/mol. The number of phenols is 1. The fourth-order valence-electron chi connectivity index (χ4n) is 8.30. The lowest BCUT2D eigenvalue weighted by Gasteiger charge is -2.38. The number of aromatic hydroxyl groups is 1. The van der Waals surface area contributed by atoms with Gasteiger partial charge < -0.3 is 65.9 Å². The van der Waals surface area contributed by atoms with Gasteiger partial charge in [0.2, 0.25) is 29.7 Å². The highest BCUT2D eigenvalue weighted by atomic mass is 35.5. The second kappa shape index (κ2) is 29.2. The monoisotopic (exact) mass is 1050 g/mol. The van der Waals surface area contributed by atoms with Gasteiger partial charge in [0.1, 0.15) is 24.4 Å². The van der Waals surface area contributed by atoms with Crippen molar-refractivity contribution in [2.24, 2.45) is 17.4 Å². The summed E-state index contributed by atoms with van der Waals surface area (Å²) in [4.78, 5) is 73.3. The molecule has 404 valence electrons. The first-order chi connectivity index (χ1) is 35.2. The Kier molecular flexibility index (Phi) is 22.9. The molecule has 0 spiro atoms. The minimum absolute atomic E-state index is 0. The first kappa shape index (κ1) is 58.1. The van der Waals surface area contributed by atoms with Gasteiger partial charge in [-0.3, -0.25) is 19.2 Å². The van der Waals surface area contributed by atoms with Crippen LogP contribution in [0.2, 0.25) is 0 Å². The predicted octanol–water partition coefficient (Wildman–Crippen LogP) is 1.07. The van der Waals surface area contributed by atoms with Crippen molar-refractivity contribution in [1.82, 2.24) is 54.7 Å². The summed E-state index contributed by atoms with van der Waals surface area (Å²) in [5, 5.41) is 48.9. The van der Waals surface area contributed by atoms with Crippen molar-refractivity contribution < 1.29 is 48.7 Å². The molecule has 3 aromatic heterocycles. The number of phenolic OH excluding ortho intramolecular Hbond substituents is 1. The third-order valence-corrected chi connectivity index (χ3v) is 12.2. The number of aromatic nitrogens is 9. The maximum atomic E-state index is 14.2. The Bertz CT molecular complexity index is 2440. The second-order valence-electron chi connectivity index (χ2n) is 18.1. The number of nitrogens with two attached hydrogens (primary N) is 2. The van der Waals surface area contributed by atoms with Crippen molar-refractivity contribution in [3.8, 4) is 18.1 Å². The second-order valence-corrected chi connectivity index (χ2v) is 18.1. The van der Waals surface area contributed by atoms with E-state index in [0.29, 0.717) is 108 Å². The molecule has 0 radical (unpaired) electrons. The number of nitrogens with one attached hydrogen (secondary N) is 1. The maximum Gasteiger partial charge on any atom is 0.303 e. The Labute approximate surface area is 435 Å². The first-order valence-corrected chi connectivity index (χ1v) is 24.5. The van der Waals surface area contributed by atoms with E-state index in [2.05, 4.69) is 31.9 Å². The average Bonchev–Trinajstić information content (AvgIpc) is 4.08. The molecule has 2 aliphatic heterocycles. The highest BCUT2D eigenvalue weighted by Crippen LogP contribution is 2.26. The number of hydrogen-bond donors (Lipinski definition) is 6. The molecule has 2 aliphatic rings. The van der Waals surface area contributed by atoms with E-state index >= 15 is 0 Å². The van der Waals surface area contributed by atoms with Crippen LogP contribution in [-0.4, -0.2) is 192 Å². The van der Waals surface area contributed by atoms with Crippen molar-refractivity contribution in [1.29, 1.82) is 0 Å². The molecule has 2 unspecified atom stereocenters. The van der Waals surface area contributed by atoms with Crippen molar-refractivity contribution in [3.05, 3.63) is 53.6 Å². The van der Waals surface area contributed by atoms with E-state index in [1.54, 1.807) is 46.5 Å². The predicted molar refractivity (Wildman–Crippen MR) is 271 cm³/mol. The molecule has 4 atom stereocenters. The molecule has 2 saturated heterocycles. The number of aliphatic carboxylic acids is 2. The van der Waals surface area contributed by atoms with Crippen molar-refractivity contribution in [2.75, 3.05) is 114 Å². The Balaban J connectivity index is 0.0000101. The number of carbonyl (C=O) groups excluding carboxylic acids is 2. The van der Waals surface area contributed by atoms with Crippen LogP contribution >= 0.6 is 12.4 Å². The SMILES string of the molecule is C#CCOCCOCCOCCNc1nc(N2CCN(C(=O)[C@H](CCC(=O)O)n3cc(C(N)Cc4ccc(O)cc4)nn3)CC2)nc(N2CCN(C(=O)[C@H](CCC(=O)O)n3cc(C(N)CC(C)C)nn3)CC2)n1.Cl. The van der Waals surface area contributed by atoms with Gasteiger partial charge in [-0.25, -0.2) is 9.36 Å². The molecular formula is C47H69ClN16O10. The van der Waals surface area contributed by atoms with Gasteiger partial charge in [0, 0.05) is 71.7 Å². The molecule has 2 amide bonds. The summed E-state index contributed by atoms with van der Waals surface area (Å²) < 4.78 is 19.3. The quantitative estimate of drug-likeness (QED) is 0.0327. The number of anilines is 3. The maximum absolute atomic E-state index is 14.2. The Morgan fingerprint density at radius 3 is 1.65 bits per heavy atom. The number of carboxylic acids is 2. The van der Waals surface area contributed by atoms with E-state index in [4.69, 9.17) is 47.1 Å². The van der Waals surface area contributed by atoms with Crippen LogP contribution in [-0.2, 0) is 39.8 Å². The lowest BCUT2D eigenvalue weighted by Crippen LogP contribution is -2.52. The zero-order valence-corrected chi connectivity index (χ0v) is 42.7. The molecule has 6 rings (SSSR count). The molecule has 26 nitrogen and oxygen atoms in total. The van der Waals surface area contributed by atoms with Gasteiger partial charge >= 0.3 is 11.9 Å². The molecule has 5 heterocycles. The molecular weight excluding hydrogens is 984 g/mol. The number of piperazine rings is 2. The molecule has 0 bridgehead atoms. The van der Waals surface area contributed by atoms with Gasteiger partial charge in [0.15, 0.2) is 0 Å². The number of carbonyl (C=O) groups is 4. The standard InChI is InChI=1S/C47H68N16O10.ClH/c1-4-22-71-24-26-73-27-25-72-23-13-50-45-51-46(60-18-14-58(15-19-60)43(69)39(9-11-41(65)66)62-30-37(54-56-62)35(48)28-32(2)3)53-47(52-45)61-20-16-59(17-21-61)44(70)40(10-12-42(67)68)63-31-38(55-57-63)36(49)29-33-5-7-34(64)8-6-33;/h1,5-8,30-32,35-36,39-40,64H,9-29,48-49H2,2-3H3,(H,65,66)(H,67,68)(H,50,51,52,53);1H/t35?,36?,39-,40-;/m0./s1. The number of hydrogen-bond acceptors (Lipinski definition) is 20. The van der Waals surface area contributed by atoms with E-state index in [1.807, 2.05) is 23.6 Å². The molecule has 4 aromatic rings. The molecule has 2 fully saturated rings. The van der Waals surface area contributed by atoms with Crippen LogP contribution < -0.4 is 26.6 Å². The topological polar surface area (TPSA) is 334 Å². The van der Waals surface area contributed by atoms with Crippen molar-refractivity contribution in [2.45, 2.75) is 76.5 Å². The molecule has 0 saturated carbocycles. The van der Waals surface area contributed by atoms with Crippen LogP contribution in [0.3, 0.4) is 0 Å². The minimum Gasteiger partial charge on any atom is -0.508 e. The number of ether oxygens (including phenoxy) is 3. The van der Waals surface area contributed by atoms with Gasteiger partial charge in [0.05, 0.1) is 68.9 Å². The van der Waals surface area contributed by atoms with Crippen LogP contribution in [0.15, 0.2) is 36.7 Å². The molecule has 74 heavy (non-hydrogen) atoms. The van der Waals surface area contributed by atoms with Gasteiger partial charge in [-0.15, -0.1) is 29.0 Å². The van der Waals surface area contributed by atoms with Gasteiger partial charge in [-0.2, -0.15) is 15.0 Å². The Hall–Kier alpha value is -6.76. The Morgan fingerprint density at radius 2 is 1.18 bits per heavy atom. The normalized spacial score (nSPS) is 15.5. The fraction of sp³-hybridized carbons (Fsp3) is 0.596. The third-order valence-electron chi connectivity index (χ3n) is 12.2. The van der Waals surface area contributed by atoms with Gasteiger partial charge in [-0.1, -0.05) is 42.3 Å². The Morgan fingerprint density at radius 1 is 0.703 bits per heavy atom. The largest absolute Gasteiger partial charge is 0.508 e. The van der Waals surface area contributed by atoms with Gasteiger partial charge in [0.25, 0.3) is 0 Å². The van der Waals surface area contributed by atoms with E-state index < -0.39 is 30.1 Å². The molecule has 27 heteroatoms. The van der Waals surface area contributed by atoms with Crippen LogP contribution in [0.5, 0.6) is 5.75 Å². The molecule has 8 N–H and O–H groups in total. The lowest BCUT2D eigenvalue weighted by molar-refractivity contribution is -0.140. The highest BCUT2D eigenvalue weighted by molar-refractivity contribution is 5.85. The van der Waals surface area contributed by atoms with Crippen LogP contribution in [0.25, 0.3) is 0 Å². The summed E-state index contributed by atoms with van der Waals surface area (Å²) in [6.45, 7) is 8.95.